The molecule has 0 fully saturated rings. The standard InChI is InChI=1S/C18H36O2.Fe/c1-2-3-4-5-6-7-8-9-10-11-12-13-14-15-16-17-18(19)20;/h2-17H2,1H3,(H,19,20);. The van der Waals surface area contributed by atoms with E-state index in [-0.39, 0.29) is 17.1 Å². The zero-order valence-electron chi connectivity index (χ0n) is 14.0. The van der Waals surface area contributed by atoms with E-state index < -0.39 is 5.97 Å². The summed E-state index contributed by atoms with van der Waals surface area (Å²) in [5.74, 6) is -0.653. The molecule has 0 aliphatic heterocycles. The van der Waals surface area contributed by atoms with Gasteiger partial charge in [-0.05, 0) is 6.42 Å². The number of aliphatic carboxylic acids is 1. The first kappa shape index (κ1) is 23.3. The topological polar surface area (TPSA) is 37.3 Å². The maximum atomic E-state index is 10.3. The van der Waals surface area contributed by atoms with Crippen molar-refractivity contribution in [1.82, 2.24) is 0 Å². The number of carboxylic acids is 1. The van der Waals surface area contributed by atoms with Gasteiger partial charge in [0.05, 0.1) is 0 Å². The van der Waals surface area contributed by atoms with Gasteiger partial charge in [-0.2, -0.15) is 0 Å². The summed E-state index contributed by atoms with van der Waals surface area (Å²) in [5.41, 5.74) is 0. The molecular weight excluding hydrogens is 304 g/mol. The van der Waals surface area contributed by atoms with Gasteiger partial charge in [-0.3, -0.25) is 4.79 Å². The van der Waals surface area contributed by atoms with Crippen LogP contribution in [0.5, 0.6) is 0 Å². The molecule has 0 atom stereocenters. The van der Waals surface area contributed by atoms with Crippen LogP contribution < -0.4 is 0 Å². The Labute approximate surface area is 142 Å². The van der Waals surface area contributed by atoms with E-state index in [1.807, 2.05) is 0 Å². The molecule has 21 heavy (non-hydrogen) atoms. The summed E-state index contributed by atoms with van der Waals surface area (Å²) >= 11 is 0. The number of hydrogen-bond donors (Lipinski definition) is 1. The van der Waals surface area contributed by atoms with Crippen LogP contribution in [0.4, 0.5) is 0 Å². The normalized spacial score (nSPS) is 10.3. The predicted molar refractivity (Wildman–Crippen MR) is 87.2 cm³/mol. The summed E-state index contributed by atoms with van der Waals surface area (Å²) in [6.45, 7) is 2.27. The predicted octanol–water partition coefficient (Wildman–Crippen LogP) is 6.33. The molecule has 2 nitrogen and oxygen atoms in total. The number of hydrogen-bond acceptors (Lipinski definition) is 1. The second-order valence-electron chi connectivity index (χ2n) is 6.09. The fourth-order valence-corrected chi connectivity index (χ4v) is 2.65. The van der Waals surface area contributed by atoms with Crippen molar-refractivity contribution in [1.29, 1.82) is 0 Å². The molecule has 0 amide bonds. The average Bonchev–Trinajstić information content (AvgIpc) is 2.43. The molecule has 0 unspecified atom stereocenters. The van der Waals surface area contributed by atoms with Crippen molar-refractivity contribution in [3.8, 4) is 0 Å². The van der Waals surface area contributed by atoms with Gasteiger partial charge >= 0.3 is 5.97 Å². The SMILES string of the molecule is CCCCCCCCCCCCCCCCCC(=O)O.[Fe]. The molecule has 0 heterocycles. The van der Waals surface area contributed by atoms with Gasteiger partial charge < -0.3 is 5.11 Å². The first-order valence-electron chi connectivity index (χ1n) is 8.99. The minimum Gasteiger partial charge on any atom is -0.481 e. The number of carbonyl (C=O) groups is 1. The van der Waals surface area contributed by atoms with Crippen molar-refractivity contribution < 1.29 is 27.0 Å². The molecule has 0 aromatic heterocycles. The molecule has 0 saturated carbocycles. The molecule has 0 aliphatic rings. The van der Waals surface area contributed by atoms with E-state index in [0.717, 1.165) is 12.8 Å². The van der Waals surface area contributed by atoms with Gasteiger partial charge in [0.2, 0.25) is 0 Å². The summed E-state index contributed by atoms with van der Waals surface area (Å²) in [6.07, 6.45) is 20.2. The third kappa shape index (κ3) is 22.4. The summed E-state index contributed by atoms with van der Waals surface area (Å²) in [6, 6.07) is 0. The quantitative estimate of drug-likeness (QED) is 0.263. The van der Waals surface area contributed by atoms with Crippen molar-refractivity contribution >= 4 is 5.97 Å². The minimum absolute atomic E-state index is 0. The fourth-order valence-electron chi connectivity index (χ4n) is 2.65. The Balaban J connectivity index is 0. The van der Waals surface area contributed by atoms with Gasteiger partial charge in [0.15, 0.2) is 0 Å². The van der Waals surface area contributed by atoms with Crippen molar-refractivity contribution in [3.63, 3.8) is 0 Å². The zero-order valence-corrected chi connectivity index (χ0v) is 15.1. The Hall–Kier alpha value is -0.0105. The maximum absolute atomic E-state index is 10.3. The molecule has 0 bridgehead atoms. The molecule has 3 heteroatoms. The largest absolute Gasteiger partial charge is 0.481 e. The van der Waals surface area contributed by atoms with Crippen molar-refractivity contribution in [3.05, 3.63) is 0 Å². The van der Waals surface area contributed by atoms with E-state index in [0.29, 0.717) is 6.42 Å². The van der Waals surface area contributed by atoms with E-state index in [4.69, 9.17) is 5.11 Å². The Bertz CT molecular complexity index is 207. The molecule has 0 aromatic rings. The van der Waals surface area contributed by atoms with Gasteiger partial charge in [0, 0.05) is 23.5 Å². The van der Waals surface area contributed by atoms with Crippen molar-refractivity contribution in [2.75, 3.05) is 0 Å². The first-order valence-corrected chi connectivity index (χ1v) is 8.99. The van der Waals surface area contributed by atoms with Crippen LogP contribution in [-0.4, -0.2) is 11.1 Å². The molecule has 128 valence electrons. The number of unbranched alkanes of at least 4 members (excludes halogenated alkanes) is 14. The number of carboxylic acid groups (broad SMARTS) is 1. The molecule has 0 spiro atoms. The van der Waals surface area contributed by atoms with Crippen LogP contribution in [0.25, 0.3) is 0 Å². The third-order valence-electron chi connectivity index (χ3n) is 3.99. The smallest absolute Gasteiger partial charge is 0.303 e. The molecule has 0 saturated heterocycles. The molecule has 0 aliphatic carbocycles. The molecule has 0 aromatic carbocycles. The summed E-state index contributed by atoms with van der Waals surface area (Å²) < 4.78 is 0. The van der Waals surface area contributed by atoms with Gasteiger partial charge in [-0.25, -0.2) is 0 Å². The Morgan fingerprint density at radius 2 is 0.905 bits per heavy atom. The third-order valence-corrected chi connectivity index (χ3v) is 3.99. The molecule has 0 rings (SSSR count). The van der Waals surface area contributed by atoms with Crippen LogP contribution in [0.3, 0.4) is 0 Å². The molecule has 1 N–H and O–H groups in total. The Kier molecular flexibility index (Phi) is 22.1. The van der Waals surface area contributed by atoms with Crippen molar-refractivity contribution in [2.45, 2.75) is 110 Å². The van der Waals surface area contributed by atoms with E-state index >= 15 is 0 Å². The van der Waals surface area contributed by atoms with E-state index in [1.165, 1.54) is 83.5 Å². The van der Waals surface area contributed by atoms with Crippen LogP contribution >= 0.6 is 0 Å². The zero-order chi connectivity index (χ0) is 14.9. The average molecular weight is 340 g/mol. The van der Waals surface area contributed by atoms with Crippen molar-refractivity contribution in [2.24, 2.45) is 0 Å². The van der Waals surface area contributed by atoms with Crippen LogP contribution in [-0.2, 0) is 21.9 Å². The van der Waals surface area contributed by atoms with Crippen LogP contribution in [0, 0.1) is 0 Å². The Morgan fingerprint density at radius 1 is 0.619 bits per heavy atom. The fraction of sp³-hybridized carbons (Fsp3) is 0.944. The maximum Gasteiger partial charge on any atom is 0.303 e. The van der Waals surface area contributed by atoms with Crippen LogP contribution in [0.2, 0.25) is 0 Å². The second kappa shape index (κ2) is 20.0. The van der Waals surface area contributed by atoms with Gasteiger partial charge in [0.25, 0.3) is 0 Å². The first-order chi connectivity index (χ1) is 9.77. The molecule has 0 radical (unpaired) electrons. The van der Waals surface area contributed by atoms with Gasteiger partial charge in [-0.1, -0.05) is 96.8 Å². The van der Waals surface area contributed by atoms with Crippen LogP contribution in [0.1, 0.15) is 110 Å². The monoisotopic (exact) mass is 340 g/mol. The van der Waals surface area contributed by atoms with E-state index in [2.05, 4.69) is 6.92 Å². The minimum atomic E-state index is -0.653. The second-order valence-corrected chi connectivity index (χ2v) is 6.09. The summed E-state index contributed by atoms with van der Waals surface area (Å²) in [7, 11) is 0. The number of rotatable bonds is 16. The van der Waals surface area contributed by atoms with Gasteiger partial charge in [0.1, 0.15) is 0 Å². The summed E-state index contributed by atoms with van der Waals surface area (Å²) in [5, 5.41) is 8.52. The Morgan fingerprint density at radius 3 is 1.19 bits per heavy atom. The van der Waals surface area contributed by atoms with E-state index in [1.54, 1.807) is 0 Å². The van der Waals surface area contributed by atoms with Gasteiger partial charge in [-0.15, -0.1) is 0 Å². The van der Waals surface area contributed by atoms with E-state index in [9.17, 15) is 4.79 Å². The summed E-state index contributed by atoms with van der Waals surface area (Å²) in [4.78, 5) is 10.3. The molecular formula is C18H36FeO2. The van der Waals surface area contributed by atoms with Crippen LogP contribution in [0.15, 0.2) is 0 Å².